The summed E-state index contributed by atoms with van der Waals surface area (Å²) in [6, 6.07) is 10.7. The van der Waals surface area contributed by atoms with Crippen molar-refractivity contribution in [3.63, 3.8) is 0 Å². The molecule has 7 nitrogen and oxygen atoms in total. The summed E-state index contributed by atoms with van der Waals surface area (Å²) in [6.07, 6.45) is 1.79. The smallest absolute Gasteiger partial charge is 0.251 e. The summed E-state index contributed by atoms with van der Waals surface area (Å²) in [5, 5.41) is 10.8. The van der Waals surface area contributed by atoms with Crippen LogP contribution in [0.1, 0.15) is 16.2 Å². The molecule has 7 heteroatoms. The van der Waals surface area contributed by atoms with Crippen LogP contribution < -0.4 is 14.8 Å². The number of carbonyl (C=O) groups excluding carboxylic acids is 1. The summed E-state index contributed by atoms with van der Waals surface area (Å²) < 4.78 is 12.5. The Morgan fingerprint density at radius 2 is 1.92 bits per heavy atom. The van der Waals surface area contributed by atoms with Gasteiger partial charge in [-0.1, -0.05) is 0 Å². The number of fused-ring (bicyclic) bond motifs is 1. The van der Waals surface area contributed by atoms with E-state index in [1.807, 2.05) is 35.6 Å². The number of pyridine rings is 1. The molecule has 0 aliphatic carbocycles. The predicted octanol–water partition coefficient (Wildman–Crippen LogP) is 1.86. The number of rotatable bonds is 6. The zero-order chi connectivity index (χ0) is 16.9. The molecule has 0 aliphatic rings. The van der Waals surface area contributed by atoms with Crippen molar-refractivity contribution in [1.29, 1.82) is 0 Å². The molecule has 1 aromatic carbocycles. The van der Waals surface area contributed by atoms with Gasteiger partial charge in [0.25, 0.3) is 5.91 Å². The van der Waals surface area contributed by atoms with E-state index in [1.54, 1.807) is 25.4 Å². The molecule has 0 bridgehead atoms. The van der Waals surface area contributed by atoms with E-state index >= 15 is 0 Å². The third-order valence-electron chi connectivity index (χ3n) is 3.56. The molecule has 0 saturated carbocycles. The van der Waals surface area contributed by atoms with Crippen molar-refractivity contribution in [3.8, 4) is 11.5 Å². The van der Waals surface area contributed by atoms with Gasteiger partial charge in [-0.3, -0.25) is 9.20 Å². The molecule has 0 atom stereocenters. The van der Waals surface area contributed by atoms with E-state index in [1.165, 1.54) is 0 Å². The number of amides is 1. The number of ether oxygens (including phenoxy) is 2. The van der Waals surface area contributed by atoms with E-state index in [0.29, 0.717) is 24.4 Å². The van der Waals surface area contributed by atoms with Crippen LogP contribution in [0.3, 0.4) is 0 Å². The summed E-state index contributed by atoms with van der Waals surface area (Å²) in [7, 11) is 1.61. The Morgan fingerprint density at radius 1 is 1.17 bits per heavy atom. The molecule has 0 saturated heterocycles. The van der Waals surface area contributed by atoms with E-state index in [0.717, 1.165) is 17.3 Å². The second kappa shape index (κ2) is 6.99. The highest BCUT2D eigenvalue weighted by atomic mass is 16.5. The Kier molecular flexibility index (Phi) is 4.60. The van der Waals surface area contributed by atoms with E-state index < -0.39 is 0 Å². The maximum atomic E-state index is 12.1. The minimum atomic E-state index is -0.170. The van der Waals surface area contributed by atoms with Gasteiger partial charge in [-0.2, -0.15) is 0 Å². The highest BCUT2D eigenvalue weighted by Crippen LogP contribution is 2.16. The molecule has 0 fully saturated rings. The number of aromatic nitrogens is 3. The van der Waals surface area contributed by atoms with Crippen molar-refractivity contribution >= 4 is 11.6 Å². The number of methoxy groups -OCH3 is 1. The van der Waals surface area contributed by atoms with Crippen molar-refractivity contribution in [2.45, 2.75) is 6.92 Å². The van der Waals surface area contributed by atoms with Gasteiger partial charge < -0.3 is 14.8 Å². The van der Waals surface area contributed by atoms with Gasteiger partial charge in [-0.25, -0.2) is 0 Å². The largest absolute Gasteiger partial charge is 0.497 e. The number of hydrogen-bond donors (Lipinski definition) is 1. The van der Waals surface area contributed by atoms with Gasteiger partial charge in [0.05, 0.1) is 13.7 Å². The summed E-state index contributed by atoms with van der Waals surface area (Å²) in [4.78, 5) is 12.1. The van der Waals surface area contributed by atoms with Crippen molar-refractivity contribution in [2.24, 2.45) is 0 Å². The van der Waals surface area contributed by atoms with E-state index in [4.69, 9.17) is 9.47 Å². The fourth-order valence-corrected chi connectivity index (χ4v) is 2.26. The normalized spacial score (nSPS) is 10.6. The minimum Gasteiger partial charge on any atom is -0.497 e. The van der Waals surface area contributed by atoms with Gasteiger partial charge in [0, 0.05) is 11.8 Å². The Bertz CT molecular complexity index is 843. The van der Waals surface area contributed by atoms with Crippen LogP contribution in [0.4, 0.5) is 0 Å². The van der Waals surface area contributed by atoms with Crippen molar-refractivity contribution in [2.75, 3.05) is 20.3 Å². The molecule has 2 heterocycles. The van der Waals surface area contributed by atoms with Crippen LogP contribution in [-0.4, -0.2) is 40.8 Å². The molecule has 124 valence electrons. The van der Waals surface area contributed by atoms with Crippen LogP contribution in [0, 0.1) is 6.92 Å². The number of benzene rings is 1. The van der Waals surface area contributed by atoms with Crippen molar-refractivity contribution < 1.29 is 14.3 Å². The fraction of sp³-hybridized carbons (Fsp3) is 0.235. The molecule has 1 amide bonds. The first-order valence-corrected chi connectivity index (χ1v) is 7.54. The van der Waals surface area contributed by atoms with Gasteiger partial charge in [-0.05, 0) is 43.3 Å². The van der Waals surface area contributed by atoms with Crippen molar-refractivity contribution in [1.82, 2.24) is 19.9 Å². The third-order valence-corrected chi connectivity index (χ3v) is 3.56. The lowest BCUT2D eigenvalue weighted by molar-refractivity contribution is 0.0947. The number of aryl methyl sites for hydroxylation is 1. The minimum absolute atomic E-state index is 0.170. The lowest BCUT2D eigenvalue weighted by Crippen LogP contribution is -2.28. The van der Waals surface area contributed by atoms with Gasteiger partial charge in [0.15, 0.2) is 5.65 Å². The molecule has 1 N–H and O–H groups in total. The highest BCUT2D eigenvalue weighted by molar-refractivity contribution is 5.94. The van der Waals surface area contributed by atoms with Gasteiger partial charge >= 0.3 is 0 Å². The SMILES string of the molecule is COc1ccc(OCCNC(=O)c2ccn3c(C)nnc3c2)cc1. The van der Waals surface area contributed by atoms with Crippen LogP contribution in [0.5, 0.6) is 11.5 Å². The van der Waals surface area contributed by atoms with Crippen LogP contribution >= 0.6 is 0 Å². The topological polar surface area (TPSA) is 77.8 Å². The van der Waals surface area contributed by atoms with Gasteiger partial charge in [0.1, 0.15) is 23.9 Å². The standard InChI is InChI=1S/C17H18N4O3/c1-12-19-20-16-11-13(7-9-21(12)16)17(22)18-8-10-24-15-5-3-14(23-2)4-6-15/h3-7,9,11H,8,10H2,1-2H3,(H,18,22). The third kappa shape index (κ3) is 3.45. The zero-order valence-electron chi connectivity index (χ0n) is 13.5. The summed E-state index contributed by atoms with van der Waals surface area (Å²) >= 11 is 0. The van der Waals surface area contributed by atoms with Gasteiger partial charge in [-0.15, -0.1) is 10.2 Å². The highest BCUT2D eigenvalue weighted by Gasteiger charge is 2.08. The number of nitrogens with one attached hydrogen (secondary N) is 1. The summed E-state index contributed by atoms with van der Waals surface area (Å²) in [5.74, 6) is 2.11. The first-order valence-electron chi connectivity index (χ1n) is 7.54. The van der Waals surface area contributed by atoms with Crippen LogP contribution in [0.25, 0.3) is 5.65 Å². The number of nitrogens with zero attached hydrogens (tertiary/aromatic N) is 3. The first kappa shape index (κ1) is 15.8. The van der Waals surface area contributed by atoms with Crippen LogP contribution in [-0.2, 0) is 0 Å². The molecule has 2 aromatic heterocycles. The molecule has 0 aliphatic heterocycles. The van der Waals surface area contributed by atoms with Crippen molar-refractivity contribution in [3.05, 3.63) is 54.0 Å². The molecule has 24 heavy (non-hydrogen) atoms. The lowest BCUT2D eigenvalue weighted by atomic mass is 10.2. The first-order chi connectivity index (χ1) is 11.7. The average Bonchev–Trinajstić information content (AvgIpc) is 2.99. The van der Waals surface area contributed by atoms with E-state index in [-0.39, 0.29) is 5.91 Å². The van der Waals surface area contributed by atoms with Gasteiger partial charge in [0.2, 0.25) is 0 Å². The Balaban J connectivity index is 1.50. The Morgan fingerprint density at radius 3 is 2.67 bits per heavy atom. The number of hydrogen-bond acceptors (Lipinski definition) is 5. The summed E-state index contributed by atoms with van der Waals surface area (Å²) in [6.45, 7) is 2.64. The summed E-state index contributed by atoms with van der Waals surface area (Å²) in [5.41, 5.74) is 1.19. The second-order valence-corrected chi connectivity index (χ2v) is 5.17. The average molecular weight is 326 g/mol. The zero-order valence-corrected chi connectivity index (χ0v) is 13.5. The predicted molar refractivity (Wildman–Crippen MR) is 88.5 cm³/mol. The monoisotopic (exact) mass is 326 g/mol. The maximum absolute atomic E-state index is 12.1. The Labute approximate surface area is 139 Å². The second-order valence-electron chi connectivity index (χ2n) is 5.17. The van der Waals surface area contributed by atoms with E-state index in [9.17, 15) is 4.79 Å². The molecule has 0 unspecified atom stereocenters. The van der Waals surface area contributed by atoms with E-state index in [2.05, 4.69) is 15.5 Å². The van der Waals surface area contributed by atoms with Crippen LogP contribution in [0.2, 0.25) is 0 Å². The molecule has 3 aromatic rings. The molecule has 3 rings (SSSR count). The molecular formula is C17H18N4O3. The van der Waals surface area contributed by atoms with Crippen LogP contribution in [0.15, 0.2) is 42.6 Å². The molecular weight excluding hydrogens is 308 g/mol. The Hall–Kier alpha value is -3.09. The molecule has 0 radical (unpaired) electrons. The number of carbonyl (C=O) groups is 1. The maximum Gasteiger partial charge on any atom is 0.251 e. The molecule has 0 spiro atoms. The lowest BCUT2D eigenvalue weighted by Gasteiger charge is -2.08. The quantitative estimate of drug-likeness (QED) is 0.700. The fourth-order valence-electron chi connectivity index (χ4n) is 2.26.